The number of nitrogens with zero attached hydrogens (tertiary/aromatic N) is 1. The fourth-order valence-electron chi connectivity index (χ4n) is 1.58. The molecule has 1 aliphatic rings. The van der Waals surface area contributed by atoms with Gasteiger partial charge in [-0.1, -0.05) is 5.92 Å². The molecule has 6 heteroatoms. The van der Waals surface area contributed by atoms with Crippen LogP contribution in [0, 0.1) is 12.3 Å². The van der Waals surface area contributed by atoms with E-state index in [-0.39, 0.29) is 11.4 Å². The molecule has 0 bridgehead atoms. The molecule has 0 radical (unpaired) electrons. The van der Waals surface area contributed by atoms with Crippen LogP contribution in [0.4, 0.5) is 0 Å². The van der Waals surface area contributed by atoms with Crippen LogP contribution in [-0.2, 0) is 10.0 Å². The summed E-state index contributed by atoms with van der Waals surface area (Å²) in [7, 11) is -2.14. The average molecular weight is 267 g/mol. The van der Waals surface area contributed by atoms with E-state index >= 15 is 0 Å². The summed E-state index contributed by atoms with van der Waals surface area (Å²) in [6.07, 6.45) is 5.11. The minimum atomic E-state index is -3.58. The minimum Gasteiger partial charge on any atom is -0.486 e. The number of benzene rings is 1. The molecular weight excluding hydrogens is 254 g/mol. The fourth-order valence-corrected chi connectivity index (χ4v) is 2.68. The Balaban J connectivity index is 2.37. The van der Waals surface area contributed by atoms with Gasteiger partial charge in [0.15, 0.2) is 11.5 Å². The van der Waals surface area contributed by atoms with Gasteiger partial charge in [0.2, 0.25) is 10.0 Å². The van der Waals surface area contributed by atoms with E-state index in [1.807, 2.05) is 0 Å². The average Bonchev–Trinajstić information content (AvgIpc) is 2.38. The van der Waals surface area contributed by atoms with Gasteiger partial charge in [-0.15, -0.1) is 6.42 Å². The summed E-state index contributed by atoms with van der Waals surface area (Å²) in [4.78, 5) is 0.143. The van der Waals surface area contributed by atoms with E-state index in [1.165, 1.54) is 19.2 Å². The minimum absolute atomic E-state index is 0.0246. The molecule has 0 amide bonds. The van der Waals surface area contributed by atoms with E-state index in [4.69, 9.17) is 15.9 Å². The summed E-state index contributed by atoms with van der Waals surface area (Å²) in [6.45, 7) is 0.906. The third-order valence-electron chi connectivity index (χ3n) is 2.54. The highest BCUT2D eigenvalue weighted by Gasteiger charge is 2.22. The van der Waals surface area contributed by atoms with Crippen molar-refractivity contribution in [2.75, 3.05) is 26.8 Å². The van der Waals surface area contributed by atoms with Crippen LogP contribution < -0.4 is 9.47 Å². The van der Waals surface area contributed by atoms with Crippen LogP contribution in [-0.4, -0.2) is 39.5 Å². The van der Waals surface area contributed by atoms with Gasteiger partial charge in [0.25, 0.3) is 0 Å². The molecular formula is C12H13NO4S. The Bertz CT molecular complexity index is 589. The van der Waals surface area contributed by atoms with E-state index in [9.17, 15) is 8.42 Å². The molecule has 96 valence electrons. The Hall–Kier alpha value is -1.71. The van der Waals surface area contributed by atoms with Crippen molar-refractivity contribution in [2.24, 2.45) is 0 Å². The molecule has 0 spiro atoms. The predicted octanol–water partition coefficient (Wildman–Crippen LogP) is 0.712. The number of rotatable bonds is 3. The number of hydrogen-bond acceptors (Lipinski definition) is 4. The molecule has 2 rings (SSSR count). The zero-order valence-corrected chi connectivity index (χ0v) is 10.7. The zero-order valence-electron chi connectivity index (χ0n) is 9.92. The first-order valence-electron chi connectivity index (χ1n) is 5.35. The Morgan fingerprint density at radius 1 is 1.33 bits per heavy atom. The Morgan fingerprint density at radius 3 is 2.67 bits per heavy atom. The second-order valence-corrected chi connectivity index (χ2v) is 5.82. The molecule has 0 saturated heterocycles. The summed E-state index contributed by atoms with van der Waals surface area (Å²) < 4.78 is 36.1. The van der Waals surface area contributed by atoms with Gasteiger partial charge in [0.05, 0.1) is 11.4 Å². The lowest BCUT2D eigenvalue weighted by atomic mass is 10.3. The van der Waals surface area contributed by atoms with Gasteiger partial charge in [-0.2, -0.15) is 4.31 Å². The summed E-state index contributed by atoms with van der Waals surface area (Å²) in [5.74, 6) is 3.29. The summed E-state index contributed by atoms with van der Waals surface area (Å²) in [5, 5.41) is 0. The van der Waals surface area contributed by atoms with Gasteiger partial charge in [0, 0.05) is 13.1 Å². The first kappa shape index (κ1) is 12.7. The smallest absolute Gasteiger partial charge is 0.243 e. The predicted molar refractivity (Wildman–Crippen MR) is 66.1 cm³/mol. The molecule has 0 saturated carbocycles. The maximum absolute atomic E-state index is 12.1. The highest BCUT2D eigenvalue weighted by molar-refractivity contribution is 7.89. The highest BCUT2D eigenvalue weighted by atomic mass is 32.2. The normalized spacial score (nSPS) is 14.3. The Kier molecular flexibility index (Phi) is 3.45. The molecule has 0 atom stereocenters. The van der Waals surface area contributed by atoms with Crippen molar-refractivity contribution in [1.82, 2.24) is 4.31 Å². The second-order valence-electron chi connectivity index (χ2n) is 3.77. The van der Waals surface area contributed by atoms with E-state index in [0.717, 1.165) is 4.31 Å². The van der Waals surface area contributed by atoms with Gasteiger partial charge in [-0.25, -0.2) is 8.42 Å². The molecule has 0 aromatic heterocycles. The van der Waals surface area contributed by atoms with Crippen molar-refractivity contribution in [3.8, 4) is 23.8 Å². The van der Waals surface area contributed by atoms with Crippen LogP contribution in [0.1, 0.15) is 0 Å². The molecule has 1 aromatic rings. The van der Waals surface area contributed by atoms with E-state index in [1.54, 1.807) is 6.07 Å². The quantitative estimate of drug-likeness (QED) is 0.757. The first-order chi connectivity index (χ1) is 8.55. The van der Waals surface area contributed by atoms with Crippen molar-refractivity contribution < 1.29 is 17.9 Å². The van der Waals surface area contributed by atoms with Gasteiger partial charge in [-0.05, 0) is 12.1 Å². The third-order valence-corrected chi connectivity index (χ3v) is 4.34. The number of terminal acetylenes is 1. The lowest BCUT2D eigenvalue weighted by Gasteiger charge is -2.20. The molecule has 1 aliphatic heterocycles. The molecule has 0 N–H and O–H groups in total. The van der Waals surface area contributed by atoms with Gasteiger partial charge < -0.3 is 9.47 Å². The largest absolute Gasteiger partial charge is 0.486 e. The molecule has 5 nitrogen and oxygen atoms in total. The van der Waals surface area contributed by atoms with Crippen molar-refractivity contribution in [3.05, 3.63) is 18.2 Å². The van der Waals surface area contributed by atoms with Crippen LogP contribution in [0.15, 0.2) is 23.1 Å². The number of hydrogen-bond donors (Lipinski definition) is 0. The summed E-state index contributed by atoms with van der Waals surface area (Å²) in [5.41, 5.74) is 0. The van der Waals surface area contributed by atoms with Crippen LogP contribution in [0.2, 0.25) is 0 Å². The van der Waals surface area contributed by atoms with Crippen molar-refractivity contribution in [2.45, 2.75) is 4.90 Å². The third kappa shape index (κ3) is 2.28. The van der Waals surface area contributed by atoms with Crippen molar-refractivity contribution in [3.63, 3.8) is 0 Å². The summed E-state index contributed by atoms with van der Waals surface area (Å²) in [6, 6.07) is 4.53. The van der Waals surface area contributed by atoms with Crippen LogP contribution in [0.25, 0.3) is 0 Å². The second kappa shape index (κ2) is 4.88. The maximum atomic E-state index is 12.1. The Labute approximate surface area is 106 Å². The van der Waals surface area contributed by atoms with Crippen molar-refractivity contribution in [1.29, 1.82) is 0 Å². The molecule has 1 aromatic carbocycles. The SMILES string of the molecule is C#CCN(C)S(=O)(=O)c1ccc2c(c1)OCCO2. The maximum Gasteiger partial charge on any atom is 0.243 e. The van der Waals surface area contributed by atoms with E-state index < -0.39 is 10.0 Å². The first-order valence-corrected chi connectivity index (χ1v) is 6.79. The van der Waals surface area contributed by atoms with Gasteiger partial charge in [-0.3, -0.25) is 0 Å². The lowest BCUT2D eigenvalue weighted by molar-refractivity contribution is 0.171. The highest BCUT2D eigenvalue weighted by Crippen LogP contribution is 2.32. The topological polar surface area (TPSA) is 55.8 Å². The van der Waals surface area contributed by atoms with E-state index in [0.29, 0.717) is 24.7 Å². The molecule has 18 heavy (non-hydrogen) atoms. The van der Waals surface area contributed by atoms with Gasteiger partial charge >= 0.3 is 0 Å². The molecule has 0 fully saturated rings. The number of sulfonamides is 1. The molecule has 0 unspecified atom stereocenters. The van der Waals surface area contributed by atoms with Crippen LogP contribution >= 0.6 is 0 Å². The summed E-state index contributed by atoms with van der Waals surface area (Å²) >= 11 is 0. The zero-order chi connectivity index (χ0) is 13.2. The fraction of sp³-hybridized carbons (Fsp3) is 0.333. The van der Waals surface area contributed by atoms with Crippen LogP contribution in [0.5, 0.6) is 11.5 Å². The molecule has 1 heterocycles. The lowest BCUT2D eigenvalue weighted by Crippen LogP contribution is -2.27. The Morgan fingerprint density at radius 2 is 2.00 bits per heavy atom. The van der Waals surface area contributed by atoms with Gasteiger partial charge in [0.1, 0.15) is 13.2 Å². The number of ether oxygens (including phenoxy) is 2. The number of fused-ring (bicyclic) bond motifs is 1. The molecule has 0 aliphatic carbocycles. The van der Waals surface area contributed by atoms with Crippen molar-refractivity contribution >= 4 is 10.0 Å². The monoisotopic (exact) mass is 267 g/mol. The standard InChI is InChI=1S/C12H13NO4S/c1-3-6-13(2)18(14,15)10-4-5-11-12(9-10)17-8-7-16-11/h1,4-5,9H,6-8H2,2H3. The van der Waals surface area contributed by atoms with Crippen LogP contribution in [0.3, 0.4) is 0 Å². The van der Waals surface area contributed by atoms with E-state index in [2.05, 4.69) is 5.92 Å².